The van der Waals surface area contributed by atoms with Crippen LogP contribution >= 0.6 is 0 Å². The molecule has 0 aliphatic carbocycles. The van der Waals surface area contributed by atoms with Crippen molar-refractivity contribution in [3.8, 4) is 0 Å². The highest BCUT2D eigenvalue weighted by molar-refractivity contribution is 5.75. The summed E-state index contributed by atoms with van der Waals surface area (Å²) in [6, 6.07) is 6.15. The maximum atomic E-state index is 4.14. The highest BCUT2D eigenvalue weighted by atomic mass is 14.9. The second kappa shape index (κ2) is 2.38. The molecule has 0 spiro atoms. The molecule has 1 N–H and O–H groups in total. The van der Waals surface area contributed by atoms with Gasteiger partial charge in [0.15, 0.2) is 0 Å². The molecule has 0 amide bonds. The molecule has 0 aliphatic rings. The van der Waals surface area contributed by atoms with Gasteiger partial charge in [0.2, 0.25) is 0 Å². The van der Waals surface area contributed by atoms with Gasteiger partial charge in [0.05, 0.1) is 17.4 Å². The molecule has 2 nitrogen and oxygen atoms in total. The Kier molecular flexibility index (Phi) is 1.39. The van der Waals surface area contributed by atoms with Crippen molar-refractivity contribution in [2.75, 3.05) is 0 Å². The molecule has 1 heterocycles. The molecule has 0 unspecified atom stereocenters. The highest BCUT2D eigenvalue weighted by Gasteiger charge is 1.95. The molecule has 11 heavy (non-hydrogen) atoms. The molecular weight excluding hydrogens is 136 g/mol. The van der Waals surface area contributed by atoms with E-state index in [0.717, 1.165) is 17.5 Å². The third-order valence-corrected chi connectivity index (χ3v) is 1.77. The lowest BCUT2D eigenvalue weighted by molar-refractivity contribution is 1.28. The zero-order valence-corrected chi connectivity index (χ0v) is 6.17. The second-order valence-electron chi connectivity index (χ2n) is 2.50. The summed E-state index contributed by atoms with van der Waals surface area (Å²) < 4.78 is 0. The third kappa shape index (κ3) is 1.00. The Balaban J connectivity index is 0.000000720. The van der Waals surface area contributed by atoms with Gasteiger partial charge in [-0.25, -0.2) is 4.98 Å². The fourth-order valence-corrected chi connectivity index (χ4v) is 1.13. The van der Waals surface area contributed by atoms with E-state index in [0.29, 0.717) is 0 Å². The predicted octanol–water partition coefficient (Wildman–Crippen LogP) is 2.05. The van der Waals surface area contributed by atoms with Crippen molar-refractivity contribution in [1.29, 1.82) is 0 Å². The molecule has 2 aromatic rings. The predicted molar refractivity (Wildman–Crippen MR) is 46.3 cm³/mol. The Labute approximate surface area is 66.8 Å². The molecule has 0 fully saturated rings. The summed E-state index contributed by atoms with van der Waals surface area (Å²) in [5.74, 6) is 0. The molecule has 0 aliphatic heterocycles. The summed E-state index contributed by atoms with van der Waals surface area (Å²) in [6.45, 7) is 3.81. The number of nitrogens with zero attached hydrogens (tertiary/aromatic N) is 1. The van der Waals surface area contributed by atoms with E-state index in [1.165, 1.54) is 5.56 Å². The zero-order chi connectivity index (χ0) is 7.68. The van der Waals surface area contributed by atoms with Gasteiger partial charge >= 0.3 is 1.43 Å². The molecule has 0 atom stereocenters. The first kappa shape index (κ1) is 6.40. The van der Waals surface area contributed by atoms with Gasteiger partial charge in [-0.15, -0.1) is 0 Å². The molecule has 0 bridgehead atoms. The Hall–Kier alpha value is -1.31. The Morgan fingerprint density at radius 3 is 3.27 bits per heavy atom. The van der Waals surface area contributed by atoms with Crippen molar-refractivity contribution in [1.82, 2.24) is 9.97 Å². The van der Waals surface area contributed by atoms with Gasteiger partial charge in [-0.2, -0.15) is 0 Å². The SMILES string of the molecule is [CH2]Cc1ccc2[nH]cnc2c1.[H+]. The van der Waals surface area contributed by atoms with Gasteiger partial charge < -0.3 is 4.98 Å². The van der Waals surface area contributed by atoms with Crippen LogP contribution in [0.5, 0.6) is 0 Å². The van der Waals surface area contributed by atoms with Gasteiger partial charge in [-0.3, -0.25) is 0 Å². The lowest BCUT2D eigenvalue weighted by Gasteiger charge is -1.93. The Morgan fingerprint density at radius 1 is 1.55 bits per heavy atom. The first-order valence-corrected chi connectivity index (χ1v) is 3.61. The first-order chi connectivity index (χ1) is 5.40. The minimum atomic E-state index is 0. The number of rotatable bonds is 1. The van der Waals surface area contributed by atoms with Crippen LogP contribution in [0.3, 0.4) is 0 Å². The summed E-state index contributed by atoms with van der Waals surface area (Å²) in [5, 5.41) is 0. The Morgan fingerprint density at radius 2 is 2.45 bits per heavy atom. The van der Waals surface area contributed by atoms with Crippen molar-refractivity contribution >= 4 is 11.0 Å². The number of benzene rings is 1. The van der Waals surface area contributed by atoms with E-state index in [9.17, 15) is 0 Å². The van der Waals surface area contributed by atoms with Crippen LogP contribution in [0.4, 0.5) is 0 Å². The lowest BCUT2D eigenvalue weighted by Crippen LogP contribution is -1.78. The third-order valence-electron chi connectivity index (χ3n) is 1.77. The van der Waals surface area contributed by atoms with Crippen LogP contribution in [-0.4, -0.2) is 9.97 Å². The van der Waals surface area contributed by atoms with E-state index < -0.39 is 0 Å². The average Bonchev–Trinajstić information content (AvgIpc) is 2.50. The number of aromatic nitrogens is 2. The van der Waals surface area contributed by atoms with E-state index in [1.54, 1.807) is 6.33 Å². The fraction of sp³-hybridized carbons (Fsp3) is 0.111. The number of hydrogen-bond donors (Lipinski definition) is 1. The summed E-state index contributed by atoms with van der Waals surface area (Å²) in [6.07, 6.45) is 2.53. The van der Waals surface area contributed by atoms with Crippen molar-refractivity contribution in [3.05, 3.63) is 37.0 Å². The standard InChI is InChI=1S/C9H9N2/c1-2-7-3-4-8-9(5-7)11-6-10-8/h3-6H,1-2H2,(H,10,11)/p+1. The normalized spacial score (nSPS) is 10.6. The number of aromatic amines is 1. The van der Waals surface area contributed by atoms with E-state index in [-0.39, 0.29) is 1.43 Å². The van der Waals surface area contributed by atoms with Crippen LogP contribution in [0.25, 0.3) is 11.0 Å². The second-order valence-corrected chi connectivity index (χ2v) is 2.50. The molecule has 2 heteroatoms. The number of hydrogen-bond acceptors (Lipinski definition) is 1. The van der Waals surface area contributed by atoms with Gasteiger partial charge in [-0.05, 0) is 31.0 Å². The molecular formula is C9H10N2+. The van der Waals surface area contributed by atoms with Crippen LogP contribution in [0.15, 0.2) is 24.5 Å². The van der Waals surface area contributed by atoms with E-state index in [2.05, 4.69) is 29.0 Å². The summed E-state index contributed by atoms with van der Waals surface area (Å²) in [4.78, 5) is 7.18. The number of H-pyrrole nitrogens is 1. The minimum Gasteiger partial charge on any atom is -0.345 e. The molecule has 2 rings (SSSR count). The number of nitrogens with one attached hydrogen (secondary N) is 1. The summed E-state index contributed by atoms with van der Waals surface area (Å²) >= 11 is 0. The molecule has 0 saturated heterocycles. The van der Waals surface area contributed by atoms with Gasteiger partial charge in [-0.1, -0.05) is 6.07 Å². The van der Waals surface area contributed by atoms with Gasteiger partial charge in [0.25, 0.3) is 0 Å². The van der Waals surface area contributed by atoms with Crippen LogP contribution in [0.2, 0.25) is 0 Å². The van der Waals surface area contributed by atoms with E-state index in [1.807, 2.05) is 6.07 Å². The largest absolute Gasteiger partial charge is 1.00 e. The maximum absolute atomic E-state index is 4.14. The van der Waals surface area contributed by atoms with Crippen LogP contribution in [0.1, 0.15) is 6.99 Å². The van der Waals surface area contributed by atoms with Crippen molar-refractivity contribution in [2.45, 2.75) is 6.42 Å². The monoisotopic (exact) mass is 146 g/mol. The summed E-state index contributed by atoms with van der Waals surface area (Å²) in [5.41, 5.74) is 3.33. The Bertz CT molecular complexity index is 367. The van der Waals surface area contributed by atoms with Gasteiger partial charge in [0.1, 0.15) is 0 Å². The molecule has 1 aromatic carbocycles. The average molecular weight is 146 g/mol. The van der Waals surface area contributed by atoms with E-state index >= 15 is 0 Å². The van der Waals surface area contributed by atoms with E-state index in [4.69, 9.17) is 0 Å². The van der Waals surface area contributed by atoms with Crippen LogP contribution in [-0.2, 0) is 6.42 Å². The highest BCUT2D eigenvalue weighted by Crippen LogP contribution is 2.11. The van der Waals surface area contributed by atoms with Crippen LogP contribution in [0, 0.1) is 6.92 Å². The zero-order valence-electron chi connectivity index (χ0n) is 7.17. The van der Waals surface area contributed by atoms with Crippen molar-refractivity contribution < 1.29 is 1.43 Å². The van der Waals surface area contributed by atoms with Crippen molar-refractivity contribution in [2.24, 2.45) is 0 Å². The topological polar surface area (TPSA) is 28.7 Å². The molecule has 0 saturated carbocycles. The smallest absolute Gasteiger partial charge is 0.345 e. The van der Waals surface area contributed by atoms with Crippen molar-refractivity contribution in [3.63, 3.8) is 0 Å². The number of fused-ring (bicyclic) bond motifs is 1. The molecule has 1 aromatic heterocycles. The first-order valence-electron chi connectivity index (χ1n) is 3.61. The van der Waals surface area contributed by atoms with Gasteiger partial charge in [0, 0.05) is 0 Å². The van der Waals surface area contributed by atoms with Crippen LogP contribution < -0.4 is 0 Å². The fourth-order valence-electron chi connectivity index (χ4n) is 1.13. The summed E-state index contributed by atoms with van der Waals surface area (Å²) in [7, 11) is 0. The molecule has 1 radical (unpaired) electrons. The maximum Gasteiger partial charge on any atom is 1.00 e. The lowest BCUT2D eigenvalue weighted by atomic mass is 10.1. The molecule has 55 valence electrons. The number of imidazole rings is 1. The minimum absolute atomic E-state index is 0. The quantitative estimate of drug-likeness (QED) is 0.655.